The van der Waals surface area contributed by atoms with E-state index in [-0.39, 0.29) is 12.1 Å². The van der Waals surface area contributed by atoms with E-state index in [0.717, 1.165) is 11.8 Å². The van der Waals surface area contributed by atoms with Crippen molar-refractivity contribution in [2.45, 2.75) is 19.6 Å². The average molecular weight is 282 g/mol. The molecule has 0 aliphatic rings. The summed E-state index contributed by atoms with van der Waals surface area (Å²) in [6.45, 7) is 1.62. The maximum Gasteiger partial charge on any atom is 0.416 e. The summed E-state index contributed by atoms with van der Waals surface area (Å²) in [4.78, 5) is 4.04. The summed E-state index contributed by atoms with van der Waals surface area (Å²) in [6.07, 6.45) is -2.91. The Hall–Kier alpha value is -2.08. The van der Waals surface area contributed by atoms with Crippen LogP contribution < -0.4 is 10.5 Å². The first kappa shape index (κ1) is 14.3. The van der Waals surface area contributed by atoms with E-state index in [1.807, 2.05) is 6.92 Å². The number of halogens is 3. The van der Waals surface area contributed by atoms with Gasteiger partial charge in [0.15, 0.2) is 0 Å². The van der Waals surface area contributed by atoms with Crippen LogP contribution in [0.1, 0.15) is 16.8 Å². The van der Waals surface area contributed by atoms with Crippen molar-refractivity contribution < 1.29 is 17.9 Å². The largest absolute Gasteiger partial charge is 0.456 e. The lowest BCUT2D eigenvalue weighted by atomic mass is 10.1. The highest BCUT2D eigenvalue weighted by Crippen LogP contribution is 2.34. The zero-order valence-electron chi connectivity index (χ0n) is 10.7. The number of aryl methyl sites for hydroxylation is 1. The Labute approximate surface area is 114 Å². The lowest BCUT2D eigenvalue weighted by molar-refractivity contribution is -0.138. The number of alkyl halides is 3. The van der Waals surface area contributed by atoms with E-state index in [4.69, 9.17) is 10.5 Å². The van der Waals surface area contributed by atoms with Crippen LogP contribution in [0.2, 0.25) is 0 Å². The Morgan fingerprint density at radius 3 is 2.40 bits per heavy atom. The number of nitrogens with two attached hydrogens (primary N) is 1. The maximum atomic E-state index is 12.7. The summed E-state index contributed by atoms with van der Waals surface area (Å²) in [6, 6.07) is 6.98. The fourth-order valence-electron chi connectivity index (χ4n) is 1.73. The molecule has 106 valence electrons. The minimum Gasteiger partial charge on any atom is -0.456 e. The van der Waals surface area contributed by atoms with Gasteiger partial charge in [0.25, 0.3) is 0 Å². The molecule has 0 saturated heterocycles. The molecule has 0 aliphatic carbocycles. The van der Waals surface area contributed by atoms with Crippen molar-refractivity contribution in [2.75, 3.05) is 0 Å². The van der Waals surface area contributed by atoms with Gasteiger partial charge in [0.05, 0.1) is 11.8 Å². The Balaban J connectivity index is 2.28. The van der Waals surface area contributed by atoms with Crippen molar-refractivity contribution in [1.82, 2.24) is 4.98 Å². The average Bonchev–Trinajstić information content (AvgIpc) is 2.40. The van der Waals surface area contributed by atoms with Crippen LogP contribution in [0.5, 0.6) is 11.5 Å². The molecule has 0 unspecified atom stereocenters. The number of hydrogen-bond acceptors (Lipinski definition) is 3. The highest BCUT2D eigenvalue weighted by Gasteiger charge is 2.33. The lowest BCUT2D eigenvalue weighted by Crippen LogP contribution is -2.11. The van der Waals surface area contributed by atoms with Crippen LogP contribution in [0.25, 0.3) is 0 Å². The van der Waals surface area contributed by atoms with Gasteiger partial charge in [-0.15, -0.1) is 0 Å². The molecule has 2 rings (SSSR count). The Kier molecular flexibility index (Phi) is 3.94. The van der Waals surface area contributed by atoms with Crippen molar-refractivity contribution in [1.29, 1.82) is 0 Å². The molecule has 3 nitrogen and oxygen atoms in total. The van der Waals surface area contributed by atoms with E-state index in [9.17, 15) is 13.2 Å². The van der Waals surface area contributed by atoms with Gasteiger partial charge in [0.1, 0.15) is 11.5 Å². The van der Waals surface area contributed by atoms with E-state index in [1.165, 1.54) is 18.3 Å². The normalized spacial score (nSPS) is 11.4. The standard InChI is InChI=1S/C14H13F3N2O/c1-9-2-3-12(8-19-9)20-11-4-5-13(14(15,16)17)10(6-11)7-18/h2-6,8H,7,18H2,1H3. The minimum atomic E-state index is -4.42. The molecule has 0 fully saturated rings. The molecule has 0 bridgehead atoms. The minimum absolute atomic E-state index is 0.00456. The highest BCUT2D eigenvalue weighted by molar-refractivity contribution is 5.39. The van der Waals surface area contributed by atoms with Crippen LogP contribution >= 0.6 is 0 Å². The molecule has 0 radical (unpaired) electrons. The van der Waals surface area contributed by atoms with Crippen molar-refractivity contribution in [3.05, 3.63) is 53.3 Å². The fourth-order valence-corrected chi connectivity index (χ4v) is 1.73. The Morgan fingerprint density at radius 1 is 1.15 bits per heavy atom. The first-order valence-electron chi connectivity index (χ1n) is 5.91. The van der Waals surface area contributed by atoms with Crippen molar-refractivity contribution in [3.8, 4) is 11.5 Å². The van der Waals surface area contributed by atoms with Crippen LogP contribution in [0.4, 0.5) is 13.2 Å². The molecule has 0 atom stereocenters. The van der Waals surface area contributed by atoms with E-state index in [0.29, 0.717) is 11.5 Å². The lowest BCUT2D eigenvalue weighted by Gasteiger charge is -2.13. The first-order valence-corrected chi connectivity index (χ1v) is 5.91. The fraction of sp³-hybridized carbons (Fsp3) is 0.214. The van der Waals surface area contributed by atoms with Gasteiger partial charge in [0.2, 0.25) is 0 Å². The topological polar surface area (TPSA) is 48.1 Å². The molecule has 2 N–H and O–H groups in total. The number of rotatable bonds is 3. The zero-order chi connectivity index (χ0) is 14.8. The molecule has 1 heterocycles. The van der Waals surface area contributed by atoms with Crippen LogP contribution in [0.15, 0.2) is 36.5 Å². The third kappa shape index (κ3) is 3.27. The van der Waals surface area contributed by atoms with Gasteiger partial charge >= 0.3 is 6.18 Å². The number of hydrogen-bond donors (Lipinski definition) is 1. The Bertz CT molecular complexity index is 594. The summed E-state index contributed by atoms with van der Waals surface area (Å²) in [7, 11) is 0. The van der Waals surface area contributed by atoms with Gasteiger partial charge in [-0.1, -0.05) is 0 Å². The second-order valence-corrected chi connectivity index (χ2v) is 4.26. The molecule has 1 aromatic heterocycles. The van der Waals surface area contributed by atoms with E-state index < -0.39 is 11.7 Å². The van der Waals surface area contributed by atoms with Gasteiger partial charge in [-0.2, -0.15) is 13.2 Å². The van der Waals surface area contributed by atoms with Gasteiger partial charge in [-0.05, 0) is 42.8 Å². The Morgan fingerprint density at radius 2 is 1.85 bits per heavy atom. The summed E-state index contributed by atoms with van der Waals surface area (Å²) < 4.78 is 43.7. The smallest absolute Gasteiger partial charge is 0.416 e. The molecule has 0 spiro atoms. The van der Waals surface area contributed by atoms with Gasteiger partial charge in [-0.3, -0.25) is 4.98 Å². The SMILES string of the molecule is Cc1ccc(Oc2ccc(C(F)(F)F)c(CN)c2)cn1. The number of aromatic nitrogens is 1. The molecule has 0 amide bonds. The second-order valence-electron chi connectivity index (χ2n) is 4.26. The van der Waals surface area contributed by atoms with Crippen molar-refractivity contribution in [3.63, 3.8) is 0 Å². The summed E-state index contributed by atoms with van der Waals surface area (Å²) in [5, 5.41) is 0. The predicted octanol–water partition coefficient (Wildman–Crippen LogP) is 3.66. The molecule has 0 aliphatic heterocycles. The van der Waals surface area contributed by atoms with E-state index in [2.05, 4.69) is 4.98 Å². The number of pyridine rings is 1. The maximum absolute atomic E-state index is 12.7. The predicted molar refractivity (Wildman–Crippen MR) is 68.4 cm³/mol. The van der Waals surface area contributed by atoms with Crippen molar-refractivity contribution >= 4 is 0 Å². The monoisotopic (exact) mass is 282 g/mol. The molecule has 1 aromatic carbocycles. The zero-order valence-corrected chi connectivity index (χ0v) is 10.7. The van der Waals surface area contributed by atoms with Crippen LogP contribution in [-0.2, 0) is 12.7 Å². The quantitative estimate of drug-likeness (QED) is 0.934. The van der Waals surface area contributed by atoms with Crippen molar-refractivity contribution in [2.24, 2.45) is 5.73 Å². The number of ether oxygens (including phenoxy) is 1. The third-order valence-electron chi connectivity index (χ3n) is 2.72. The molecular formula is C14H13F3N2O. The molecular weight excluding hydrogens is 269 g/mol. The molecule has 20 heavy (non-hydrogen) atoms. The number of benzene rings is 1. The third-order valence-corrected chi connectivity index (χ3v) is 2.72. The summed E-state index contributed by atoms with van der Waals surface area (Å²) in [5.74, 6) is 0.752. The number of nitrogens with zero attached hydrogens (tertiary/aromatic N) is 1. The van der Waals surface area contributed by atoms with E-state index in [1.54, 1.807) is 12.1 Å². The van der Waals surface area contributed by atoms with E-state index >= 15 is 0 Å². The second kappa shape index (κ2) is 5.50. The van der Waals surface area contributed by atoms with Gasteiger partial charge in [-0.25, -0.2) is 0 Å². The molecule has 0 saturated carbocycles. The first-order chi connectivity index (χ1) is 9.40. The van der Waals surface area contributed by atoms with Gasteiger partial charge in [0, 0.05) is 12.2 Å². The van der Waals surface area contributed by atoms with Crippen LogP contribution in [0, 0.1) is 6.92 Å². The highest BCUT2D eigenvalue weighted by atomic mass is 19.4. The summed E-state index contributed by atoms with van der Waals surface area (Å²) in [5.41, 5.74) is 5.44. The molecule has 6 heteroatoms. The van der Waals surface area contributed by atoms with Crippen LogP contribution in [-0.4, -0.2) is 4.98 Å². The summed E-state index contributed by atoms with van der Waals surface area (Å²) >= 11 is 0. The van der Waals surface area contributed by atoms with Crippen LogP contribution in [0.3, 0.4) is 0 Å². The molecule has 2 aromatic rings. The van der Waals surface area contributed by atoms with Gasteiger partial charge < -0.3 is 10.5 Å².